The third-order valence-electron chi connectivity index (χ3n) is 2.72. The molecule has 1 unspecified atom stereocenters. The van der Waals surface area contributed by atoms with Gasteiger partial charge in [-0.3, -0.25) is 0 Å². The molecule has 0 aromatic heterocycles. The number of aromatic carboxylic acids is 1. The number of nitrogens with zero attached hydrogens (tertiary/aromatic N) is 1. The zero-order valence-electron chi connectivity index (χ0n) is 10.6. The molecule has 104 valence electrons. The molecule has 0 bridgehead atoms. The second kappa shape index (κ2) is 6.14. The second-order valence-electron chi connectivity index (χ2n) is 4.04. The Labute approximate surface area is 109 Å². The number of nitrogens with one attached hydrogen (secondary N) is 1. The second-order valence-corrected chi connectivity index (χ2v) is 4.04. The number of amides is 2. The molecule has 0 saturated carbocycles. The lowest BCUT2D eigenvalue weighted by atomic mass is 10.1. The first-order chi connectivity index (χ1) is 8.88. The van der Waals surface area contributed by atoms with E-state index in [1.54, 1.807) is 6.92 Å². The van der Waals surface area contributed by atoms with E-state index in [2.05, 4.69) is 5.32 Å². The first kappa shape index (κ1) is 14.9. The Bertz CT molecular complexity index is 493. The molecule has 0 aliphatic rings. The van der Waals surface area contributed by atoms with E-state index in [4.69, 9.17) is 10.2 Å². The van der Waals surface area contributed by atoms with Gasteiger partial charge < -0.3 is 20.4 Å². The van der Waals surface area contributed by atoms with E-state index in [1.165, 1.54) is 19.2 Å². The number of carboxylic acids is 1. The van der Waals surface area contributed by atoms with Gasteiger partial charge in [0.05, 0.1) is 23.9 Å². The van der Waals surface area contributed by atoms with Crippen LogP contribution in [0.4, 0.5) is 14.9 Å². The highest BCUT2D eigenvalue weighted by atomic mass is 19.1. The van der Waals surface area contributed by atoms with Crippen LogP contribution in [-0.4, -0.2) is 46.8 Å². The van der Waals surface area contributed by atoms with Crippen LogP contribution in [0, 0.1) is 5.82 Å². The van der Waals surface area contributed by atoms with Crippen LogP contribution in [-0.2, 0) is 0 Å². The van der Waals surface area contributed by atoms with Gasteiger partial charge in [0.25, 0.3) is 0 Å². The Morgan fingerprint density at radius 2 is 2.11 bits per heavy atom. The first-order valence-electron chi connectivity index (χ1n) is 5.55. The summed E-state index contributed by atoms with van der Waals surface area (Å²) in [5.41, 5.74) is -0.726. The van der Waals surface area contributed by atoms with E-state index in [1.807, 2.05) is 0 Å². The molecule has 0 aliphatic carbocycles. The number of hydrogen-bond donors (Lipinski definition) is 3. The van der Waals surface area contributed by atoms with Crippen molar-refractivity contribution in [1.29, 1.82) is 0 Å². The van der Waals surface area contributed by atoms with Crippen molar-refractivity contribution in [2.24, 2.45) is 0 Å². The van der Waals surface area contributed by atoms with Crippen LogP contribution in [0.2, 0.25) is 0 Å². The number of benzene rings is 1. The number of likely N-dealkylation sites (N-methyl/N-ethyl adjacent to an activating group) is 1. The normalized spacial score (nSPS) is 11.8. The average Bonchev–Trinajstić information content (AvgIpc) is 2.38. The van der Waals surface area contributed by atoms with Gasteiger partial charge in [-0.2, -0.15) is 0 Å². The fraction of sp³-hybridized carbons (Fsp3) is 0.333. The zero-order valence-corrected chi connectivity index (χ0v) is 10.6. The van der Waals surface area contributed by atoms with Crippen molar-refractivity contribution in [1.82, 2.24) is 4.90 Å². The van der Waals surface area contributed by atoms with Crippen LogP contribution in [0.15, 0.2) is 18.2 Å². The minimum absolute atomic E-state index is 0.257. The number of halogens is 1. The Kier molecular flexibility index (Phi) is 4.82. The molecule has 1 aromatic rings. The summed E-state index contributed by atoms with van der Waals surface area (Å²) in [6.07, 6.45) is 0. The predicted molar refractivity (Wildman–Crippen MR) is 66.7 cm³/mol. The number of anilines is 1. The third-order valence-corrected chi connectivity index (χ3v) is 2.72. The molecule has 1 rings (SSSR count). The number of urea groups is 1. The minimum atomic E-state index is -1.34. The fourth-order valence-corrected chi connectivity index (χ4v) is 1.35. The standard InChI is InChI=1S/C12H15FN2O4/c1-7(6-16)15(2)12(19)14-10-8(11(17)18)4-3-5-9(10)13/h3-5,7,16H,6H2,1-2H3,(H,14,19)(H,17,18). The van der Waals surface area contributed by atoms with Crippen LogP contribution in [0.25, 0.3) is 0 Å². The van der Waals surface area contributed by atoms with Crippen LogP contribution in [0.1, 0.15) is 17.3 Å². The number of para-hydroxylation sites is 1. The predicted octanol–water partition coefficient (Wildman–Crippen LogP) is 1.37. The quantitative estimate of drug-likeness (QED) is 0.770. The zero-order chi connectivity index (χ0) is 14.6. The van der Waals surface area contributed by atoms with Crippen molar-refractivity contribution in [3.05, 3.63) is 29.6 Å². The largest absolute Gasteiger partial charge is 0.478 e. The molecule has 1 atom stereocenters. The van der Waals surface area contributed by atoms with Gasteiger partial charge in [-0.15, -0.1) is 0 Å². The van der Waals surface area contributed by atoms with E-state index in [-0.39, 0.29) is 12.2 Å². The van der Waals surface area contributed by atoms with Gasteiger partial charge >= 0.3 is 12.0 Å². The monoisotopic (exact) mass is 270 g/mol. The van der Waals surface area contributed by atoms with Crippen molar-refractivity contribution in [2.45, 2.75) is 13.0 Å². The van der Waals surface area contributed by atoms with Crippen LogP contribution < -0.4 is 5.32 Å². The van der Waals surface area contributed by atoms with Crippen molar-refractivity contribution in [3.63, 3.8) is 0 Å². The molecule has 0 aliphatic heterocycles. The number of hydrogen-bond acceptors (Lipinski definition) is 3. The maximum atomic E-state index is 13.6. The Hall–Kier alpha value is -2.15. The smallest absolute Gasteiger partial charge is 0.337 e. The van der Waals surface area contributed by atoms with E-state index in [0.717, 1.165) is 11.0 Å². The Morgan fingerprint density at radius 1 is 1.47 bits per heavy atom. The van der Waals surface area contributed by atoms with Gasteiger partial charge in [0.2, 0.25) is 0 Å². The molecule has 2 amide bonds. The lowest BCUT2D eigenvalue weighted by Gasteiger charge is -2.23. The lowest BCUT2D eigenvalue weighted by Crippen LogP contribution is -2.40. The fourth-order valence-electron chi connectivity index (χ4n) is 1.35. The minimum Gasteiger partial charge on any atom is -0.478 e. The van der Waals surface area contributed by atoms with E-state index < -0.39 is 29.5 Å². The Morgan fingerprint density at radius 3 is 2.63 bits per heavy atom. The van der Waals surface area contributed by atoms with Crippen molar-refractivity contribution < 1.29 is 24.2 Å². The molecule has 19 heavy (non-hydrogen) atoms. The number of carbonyl (C=O) groups is 2. The average molecular weight is 270 g/mol. The summed E-state index contributed by atoms with van der Waals surface area (Å²) < 4.78 is 13.6. The van der Waals surface area contributed by atoms with Gasteiger partial charge in [0.1, 0.15) is 5.82 Å². The highest BCUT2D eigenvalue weighted by molar-refractivity contribution is 6.00. The molecule has 1 aromatic carbocycles. The molecule has 0 saturated heterocycles. The summed E-state index contributed by atoms with van der Waals surface area (Å²) in [5.74, 6) is -2.18. The molecule has 0 fully saturated rings. The first-order valence-corrected chi connectivity index (χ1v) is 5.55. The van der Waals surface area contributed by atoms with Gasteiger partial charge in [0, 0.05) is 7.05 Å². The Balaban J connectivity index is 2.99. The summed E-state index contributed by atoms with van der Waals surface area (Å²) in [5, 5.41) is 20.0. The topological polar surface area (TPSA) is 89.9 Å². The van der Waals surface area contributed by atoms with Gasteiger partial charge in [0.15, 0.2) is 0 Å². The molecule has 7 heteroatoms. The summed E-state index contributed by atoms with van der Waals surface area (Å²) in [6, 6.07) is 2.32. The number of carbonyl (C=O) groups excluding carboxylic acids is 1. The molecule has 0 heterocycles. The highest BCUT2D eigenvalue weighted by Crippen LogP contribution is 2.20. The van der Waals surface area contributed by atoms with Crippen LogP contribution in [0.5, 0.6) is 0 Å². The SMILES string of the molecule is CC(CO)N(C)C(=O)Nc1c(F)cccc1C(=O)O. The maximum absolute atomic E-state index is 13.6. The van der Waals surface area contributed by atoms with Crippen LogP contribution in [0.3, 0.4) is 0 Å². The maximum Gasteiger partial charge on any atom is 0.337 e. The molecule has 0 spiro atoms. The molecule has 3 N–H and O–H groups in total. The molecular weight excluding hydrogens is 255 g/mol. The number of aliphatic hydroxyl groups excluding tert-OH is 1. The molecular formula is C12H15FN2O4. The van der Waals surface area contributed by atoms with Gasteiger partial charge in [-0.25, -0.2) is 14.0 Å². The van der Waals surface area contributed by atoms with Crippen molar-refractivity contribution >= 4 is 17.7 Å². The van der Waals surface area contributed by atoms with E-state index in [9.17, 15) is 14.0 Å². The van der Waals surface area contributed by atoms with E-state index >= 15 is 0 Å². The number of carboxylic acid groups (broad SMARTS) is 1. The summed E-state index contributed by atoms with van der Waals surface area (Å²) >= 11 is 0. The summed E-state index contributed by atoms with van der Waals surface area (Å²) in [7, 11) is 1.41. The van der Waals surface area contributed by atoms with Crippen molar-refractivity contribution in [3.8, 4) is 0 Å². The number of aliphatic hydroxyl groups is 1. The third kappa shape index (κ3) is 3.41. The van der Waals surface area contributed by atoms with Gasteiger partial charge in [-0.1, -0.05) is 6.07 Å². The summed E-state index contributed by atoms with van der Waals surface area (Å²) in [4.78, 5) is 23.9. The van der Waals surface area contributed by atoms with Crippen LogP contribution >= 0.6 is 0 Å². The van der Waals surface area contributed by atoms with Gasteiger partial charge in [-0.05, 0) is 19.1 Å². The lowest BCUT2D eigenvalue weighted by molar-refractivity contribution is 0.0697. The molecule has 0 radical (unpaired) electrons. The van der Waals surface area contributed by atoms with Crippen molar-refractivity contribution in [2.75, 3.05) is 19.0 Å². The van der Waals surface area contributed by atoms with E-state index in [0.29, 0.717) is 0 Å². The highest BCUT2D eigenvalue weighted by Gasteiger charge is 2.20. The molecule has 6 nitrogen and oxygen atoms in total. The summed E-state index contributed by atoms with van der Waals surface area (Å²) in [6.45, 7) is 1.34. The number of rotatable bonds is 4.